The highest BCUT2D eigenvalue weighted by Crippen LogP contribution is 2.34. The van der Waals surface area contributed by atoms with Crippen molar-refractivity contribution in [3.05, 3.63) is 34.1 Å². The van der Waals surface area contributed by atoms with E-state index >= 15 is 0 Å². The van der Waals surface area contributed by atoms with Crippen molar-refractivity contribution in [2.24, 2.45) is 11.8 Å². The van der Waals surface area contributed by atoms with Gasteiger partial charge in [-0.1, -0.05) is 13.8 Å². The minimum atomic E-state index is -0.0593. The summed E-state index contributed by atoms with van der Waals surface area (Å²) in [4.78, 5) is 21.2. The van der Waals surface area contributed by atoms with Gasteiger partial charge in [0, 0.05) is 16.1 Å². The van der Waals surface area contributed by atoms with E-state index in [2.05, 4.69) is 34.3 Å². The first-order valence-electron chi connectivity index (χ1n) is 7.82. The summed E-state index contributed by atoms with van der Waals surface area (Å²) in [6, 6.07) is 2.10. The van der Waals surface area contributed by atoms with Crippen LogP contribution in [0.1, 0.15) is 31.4 Å². The zero-order valence-electron chi connectivity index (χ0n) is 13.3. The molecule has 0 aliphatic carbocycles. The van der Waals surface area contributed by atoms with Gasteiger partial charge in [0.2, 0.25) is 0 Å². The van der Waals surface area contributed by atoms with Crippen LogP contribution in [0.4, 0.5) is 0 Å². The summed E-state index contributed by atoms with van der Waals surface area (Å²) in [6.45, 7) is 7.35. The highest BCUT2D eigenvalue weighted by atomic mass is 32.1. The molecule has 7 heteroatoms. The Hall–Kier alpha value is -1.99. The molecule has 0 aromatic carbocycles. The standard InChI is InChI=1S/C16H19N5OS/c1-7-5-17-13(8(7)2)15-19-11-4-12(10-6-18-21-9(10)3)23-14(11)16(22)20-15/h4,6-8,13,17H,5H2,1-3H3,(H,18,21)(H,19,20,22)/t7-,8-,13+/m0/s1. The van der Waals surface area contributed by atoms with E-state index in [-0.39, 0.29) is 11.6 Å². The molecule has 3 N–H and O–H groups in total. The SMILES string of the molecule is Cc1[nH]ncc1-c1cc2nc([C@@H]3NC[C@H](C)[C@@H]3C)[nH]c(=O)c2s1. The summed E-state index contributed by atoms with van der Waals surface area (Å²) in [5.74, 6) is 1.77. The van der Waals surface area contributed by atoms with Crippen LogP contribution in [0.3, 0.4) is 0 Å². The topological polar surface area (TPSA) is 86.5 Å². The molecule has 3 aromatic heterocycles. The van der Waals surface area contributed by atoms with E-state index in [4.69, 9.17) is 4.98 Å². The van der Waals surface area contributed by atoms with E-state index in [1.165, 1.54) is 11.3 Å². The molecule has 120 valence electrons. The van der Waals surface area contributed by atoms with Crippen molar-refractivity contribution in [1.29, 1.82) is 0 Å². The van der Waals surface area contributed by atoms with Crippen LogP contribution in [0.2, 0.25) is 0 Å². The first-order valence-corrected chi connectivity index (χ1v) is 8.63. The molecule has 23 heavy (non-hydrogen) atoms. The van der Waals surface area contributed by atoms with Crippen molar-refractivity contribution in [1.82, 2.24) is 25.5 Å². The lowest BCUT2D eigenvalue weighted by Crippen LogP contribution is -2.23. The van der Waals surface area contributed by atoms with Gasteiger partial charge >= 0.3 is 0 Å². The molecule has 1 aliphatic heterocycles. The van der Waals surface area contributed by atoms with Gasteiger partial charge in [0.25, 0.3) is 5.56 Å². The van der Waals surface area contributed by atoms with Gasteiger partial charge in [-0.05, 0) is 31.4 Å². The number of nitrogens with one attached hydrogen (secondary N) is 3. The summed E-state index contributed by atoms with van der Waals surface area (Å²) in [5, 5.41) is 10.5. The fraction of sp³-hybridized carbons (Fsp3) is 0.438. The number of H-pyrrole nitrogens is 2. The normalized spacial score (nSPS) is 24.6. The van der Waals surface area contributed by atoms with Gasteiger partial charge in [0.1, 0.15) is 10.5 Å². The van der Waals surface area contributed by atoms with Crippen LogP contribution in [-0.2, 0) is 0 Å². The number of rotatable bonds is 2. The van der Waals surface area contributed by atoms with E-state index in [9.17, 15) is 4.79 Å². The number of aromatic amines is 2. The molecule has 6 nitrogen and oxygen atoms in total. The van der Waals surface area contributed by atoms with Gasteiger partial charge < -0.3 is 10.3 Å². The van der Waals surface area contributed by atoms with Gasteiger partial charge in [-0.25, -0.2) is 4.98 Å². The average Bonchev–Trinajstić information content (AvgIpc) is 3.19. The third-order valence-electron chi connectivity index (χ3n) is 4.87. The van der Waals surface area contributed by atoms with E-state index in [0.717, 1.165) is 34.0 Å². The maximum atomic E-state index is 12.5. The second kappa shape index (κ2) is 5.28. The molecule has 1 saturated heterocycles. The first kappa shape index (κ1) is 14.6. The molecule has 0 saturated carbocycles. The maximum Gasteiger partial charge on any atom is 0.268 e. The Morgan fingerprint density at radius 1 is 1.35 bits per heavy atom. The van der Waals surface area contributed by atoms with Crippen molar-refractivity contribution in [3.8, 4) is 10.4 Å². The third kappa shape index (κ3) is 2.31. The maximum absolute atomic E-state index is 12.5. The smallest absolute Gasteiger partial charge is 0.268 e. The highest BCUT2D eigenvalue weighted by Gasteiger charge is 2.32. The number of aromatic nitrogens is 4. The summed E-state index contributed by atoms with van der Waals surface area (Å²) in [7, 11) is 0. The van der Waals surface area contributed by atoms with Gasteiger partial charge in [-0.3, -0.25) is 9.89 Å². The van der Waals surface area contributed by atoms with E-state index < -0.39 is 0 Å². The second-order valence-corrected chi connectivity index (χ2v) is 7.46. The monoisotopic (exact) mass is 329 g/mol. The van der Waals surface area contributed by atoms with Gasteiger partial charge in [-0.2, -0.15) is 5.10 Å². The number of aryl methyl sites for hydroxylation is 1. The van der Waals surface area contributed by atoms with E-state index in [1.54, 1.807) is 6.20 Å². The quantitative estimate of drug-likeness (QED) is 0.674. The lowest BCUT2D eigenvalue weighted by molar-refractivity contribution is 0.413. The molecule has 0 radical (unpaired) electrons. The lowest BCUT2D eigenvalue weighted by Gasteiger charge is -2.16. The molecule has 3 atom stereocenters. The Morgan fingerprint density at radius 2 is 2.17 bits per heavy atom. The fourth-order valence-electron chi connectivity index (χ4n) is 3.20. The number of nitrogens with zero attached hydrogens (tertiary/aromatic N) is 2. The molecule has 1 aliphatic rings. The third-order valence-corrected chi connectivity index (χ3v) is 6.03. The van der Waals surface area contributed by atoms with E-state index in [1.807, 2.05) is 13.0 Å². The Labute approximate surface area is 137 Å². The van der Waals surface area contributed by atoms with Gasteiger partial charge in [0.15, 0.2) is 0 Å². The Bertz CT molecular complexity index is 924. The summed E-state index contributed by atoms with van der Waals surface area (Å²) in [6.07, 6.45) is 1.79. The fourth-order valence-corrected chi connectivity index (χ4v) is 4.26. The van der Waals surface area contributed by atoms with Crippen molar-refractivity contribution in [3.63, 3.8) is 0 Å². The Balaban J connectivity index is 1.82. The number of fused-ring (bicyclic) bond motifs is 1. The van der Waals surface area contributed by atoms with Gasteiger partial charge in [-0.15, -0.1) is 11.3 Å². The lowest BCUT2D eigenvalue weighted by atomic mass is 9.94. The minimum absolute atomic E-state index is 0.0593. The first-order chi connectivity index (χ1) is 11.0. The minimum Gasteiger partial charge on any atom is -0.308 e. The molecule has 1 fully saturated rings. The van der Waals surface area contributed by atoms with E-state index in [0.29, 0.717) is 16.5 Å². The molecule has 0 unspecified atom stereocenters. The molecule has 3 aromatic rings. The predicted octanol–water partition coefficient (Wildman–Crippen LogP) is 2.60. The van der Waals surface area contributed by atoms with Crippen LogP contribution in [0.15, 0.2) is 17.1 Å². The summed E-state index contributed by atoms with van der Waals surface area (Å²) in [5.41, 5.74) is 2.72. The highest BCUT2D eigenvalue weighted by molar-refractivity contribution is 7.22. The van der Waals surface area contributed by atoms with Crippen LogP contribution in [0, 0.1) is 18.8 Å². The zero-order valence-corrected chi connectivity index (χ0v) is 14.1. The number of hydrogen-bond donors (Lipinski definition) is 3. The van der Waals surface area contributed by atoms with Crippen LogP contribution in [0.5, 0.6) is 0 Å². The molecule has 0 amide bonds. The Kier molecular flexibility index (Phi) is 3.35. The predicted molar refractivity (Wildman–Crippen MR) is 91.6 cm³/mol. The summed E-state index contributed by atoms with van der Waals surface area (Å²) < 4.78 is 0.669. The zero-order chi connectivity index (χ0) is 16.1. The van der Waals surface area contributed by atoms with Crippen molar-refractivity contribution in [2.45, 2.75) is 26.8 Å². The molecule has 0 spiro atoms. The van der Waals surface area contributed by atoms with Crippen LogP contribution in [0.25, 0.3) is 20.7 Å². The summed E-state index contributed by atoms with van der Waals surface area (Å²) >= 11 is 1.46. The molecule has 4 heterocycles. The van der Waals surface area contributed by atoms with Gasteiger partial charge in [0.05, 0.1) is 17.8 Å². The Morgan fingerprint density at radius 3 is 2.83 bits per heavy atom. The van der Waals surface area contributed by atoms with Crippen molar-refractivity contribution in [2.75, 3.05) is 6.54 Å². The van der Waals surface area contributed by atoms with Crippen LogP contribution in [-0.4, -0.2) is 26.7 Å². The van der Waals surface area contributed by atoms with Crippen molar-refractivity contribution < 1.29 is 0 Å². The average molecular weight is 329 g/mol. The number of hydrogen-bond acceptors (Lipinski definition) is 5. The second-order valence-electron chi connectivity index (χ2n) is 6.41. The van der Waals surface area contributed by atoms with Crippen LogP contribution >= 0.6 is 11.3 Å². The van der Waals surface area contributed by atoms with Crippen molar-refractivity contribution >= 4 is 21.6 Å². The molecular formula is C16H19N5OS. The van der Waals surface area contributed by atoms with Crippen LogP contribution < -0.4 is 10.9 Å². The number of thiophene rings is 1. The molecule has 4 rings (SSSR count). The molecular weight excluding hydrogens is 310 g/mol. The molecule has 0 bridgehead atoms. The largest absolute Gasteiger partial charge is 0.308 e.